The van der Waals surface area contributed by atoms with E-state index in [0.29, 0.717) is 16.9 Å². The molecule has 0 aliphatic carbocycles. The van der Waals surface area contributed by atoms with E-state index in [0.717, 1.165) is 28.0 Å². The molecule has 19 heteroatoms. The van der Waals surface area contributed by atoms with Crippen LogP contribution >= 0.6 is 0 Å². The lowest BCUT2D eigenvalue weighted by Gasteiger charge is -2.44. The van der Waals surface area contributed by atoms with Gasteiger partial charge >= 0.3 is 24.6 Å². The molecule has 2 heterocycles. The number of alkyl halides is 9. The summed E-state index contributed by atoms with van der Waals surface area (Å²) in [6.45, 7) is 3.39. The number of carbonyl (C=O) groups is 2. The predicted octanol–water partition coefficient (Wildman–Crippen LogP) is 6.50. The van der Waals surface area contributed by atoms with E-state index in [2.05, 4.69) is 15.4 Å². The van der Waals surface area contributed by atoms with Gasteiger partial charge in [0.05, 0.1) is 34.5 Å². The number of hydrogen-bond acceptors (Lipinski definition) is 7. The topological polar surface area (TPSA) is 119 Å². The second-order valence-electron chi connectivity index (χ2n) is 11.0. The van der Waals surface area contributed by atoms with E-state index in [1.54, 1.807) is 20.8 Å². The van der Waals surface area contributed by atoms with Crippen LogP contribution in [0.15, 0.2) is 36.4 Å². The molecule has 0 unspecified atom stereocenters. The van der Waals surface area contributed by atoms with Crippen LogP contribution in [0.4, 0.5) is 55.9 Å². The Morgan fingerprint density at radius 2 is 1.55 bits per heavy atom. The Kier molecular flexibility index (Phi) is 9.68. The number of nitrogens with two attached hydrogens (primary N) is 1. The minimum Gasteiger partial charge on any atom is -0.446 e. The molecule has 3 aromatic rings. The lowest BCUT2D eigenvalue weighted by Crippen LogP contribution is -2.48. The van der Waals surface area contributed by atoms with E-state index in [1.807, 2.05) is 0 Å². The molecule has 256 valence electrons. The highest BCUT2D eigenvalue weighted by Gasteiger charge is 2.43. The molecule has 0 saturated carbocycles. The van der Waals surface area contributed by atoms with Crippen molar-refractivity contribution >= 4 is 23.6 Å². The first-order valence-corrected chi connectivity index (χ1v) is 14.0. The second-order valence-corrected chi connectivity index (χ2v) is 11.0. The highest BCUT2D eigenvalue weighted by Crippen LogP contribution is 2.46. The van der Waals surface area contributed by atoms with Gasteiger partial charge in [0, 0.05) is 12.6 Å². The van der Waals surface area contributed by atoms with Gasteiger partial charge in [0.2, 0.25) is 5.91 Å². The average molecular weight is 682 g/mol. The Morgan fingerprint density at radius 3 is 2.06 bits per heavy atom. The maximum absolute atomic E-state index is 13.9. The first kappa shape index (κ1) is 35.3. The van der Waals surface area contributed by atoms with E-state index < -0.39 is 90.0 Å². The van der Waals surface area contributed by atoms with Crippen molar-refractivity contribution in [3.8, 4) is 0 Å². The Labute approximate surface area is 261 Å². The molecule has 2 amide bonds. The summed E-state index contributed by atoms with van der Waals surface area (Å²) in [5.41, 5.74) is 0.0457. The van der Waals surface area contributed by atoms with Crippen molar-refractivity contribution in [2.75, 3.05) is 9.80 Å². The Morgan fingerprint density at radius 1 is 0.957 bits per heavy atom. The van der Waals surface area contributed by atoms with Gasteiger partial charge in [0.25, 0.3) is 5.95 Å². The molecule has 1 aliphatic rings. The third-order valence-corrected chi connectivity index (χ3v) is 7.21. The minimum absolute atomic E-state index is 0.0405. The molecule has 2 aromatic carbocycles. The largest absolute Gasteiger partial charge is 0.446 e. The molecule has 4 rings (SSSR count). The van der Waals surface area contributed by atoms with Crippen molar-refractivity contribution in [1.29, 1.82) is 0 Å². The maximum Gasteiger partial charge on any atom is 0.416 e. The van der Waals surface area contributed by atoms with Gasteiger partial charge in [0.15, 0.2) is 0 Å². The van der Waals surface area contributed by atoms with Crippen LogP contribution in [-0.2, 0) is 41.1 Å². The van der Waals surface area contributed by atoms with Crippen molar-refractivity contribution < 1.29 is 53.8 Å². The summed E-state index contributed by atoms with van der Waals surface area (Å²) in [4.78, 5) is 27.6. The second kappa shape index (κ2) is 12.9. The van der Waals surface area contributed by atoms with Crippen LogP contribution in [-0.4, -0.2) is 44.4 Å². The summed E-state index contributed by atoms with van der Waals surface area (Å²) in [6.07, 6.45) is -16.7. The zero-order chi connectivity index (χ0) is 35.1. The number of hydrogen-bond donors (Lipinski definition) is 1. The number of nitrogens with zero attached hydrogens (tertiary/aromatic N) is 6. The van der Waals surface area contributed by atoms with Gasteiger partial charge in [-0.15, -0.1) is 5.10 Å². The van der Waals surface area contributed by atoms with Gasteiger partial charge in [-0.1, -0.05) is 12.0 Å². The number of primary amides is 1. The molecule has 47 heavy (non-hydrogen) atoms. The third-order valence-electron chi connectivity index (χ3n) is 7.21. The van der Waals surface area contributed by atoms with Crippen molar-refractivity contribution in [3.63, 3.8) is 0 Å². The minimum atomic E-state index is -5.19. The van der Waals surface area contributed by atoms with Crippen LogP contribution in [0.3, 0.4) is 0 Å². The smallest absolute Gasteiger partial charge is 0.416 e. The van der Waals surface area contributed by atoms with Crippen LogP contribution in [0.2, 0.25) is 0 Å². The van der Waals surface area contributed by atoms with Gasteiger partial charge in [-0.3, -0.25) is 9.69 Å². The number of rotatable bonds is 8. The van der Waals surface area contributed by atoms with Crippen LogP contribution in [0, 0.1) is 0 Å². The van der Waals surface area contributed by atoms with Gasteiger partial charge < -0.3 is 15.4 Å². The molecule has 0 radical (unpaired) electrons. The standard InChI is InChI=1S/C28H28F9N7O3/c1-4-19-11-22(20-10-16(26(29,30)31)5-6-21(20)44(19)25(46)47-14(2)3)42(24-39-41-43(40-24)13-23(38)45)12-15-7-17(27(32,33)34)9-18(8-15)28(35,36)37/h5-10,14,19,22H,4,11-13H2,1-3H3,(H2,38,45)/t19-,22+/m1/s1. The predicted molar refractivity (Wildman–Crippen MR) is 147 cm³/mol. The zero-order valence-electron chi connectivity index (χ0n) is 24.9. The number of benzene rings is 2. The Bertz CT molecular complexity index is 1590. The van der Waals surface area contributed by atoms with E-state index in [-0.39, 0.29) is 30.2 Å². The van der Waals surface area contributed by atoms with Gasteiger partial charge in [-0.2, -0.15) is 44.3 Å². The molecule has 10 nitrogen and oxygen atoms in total. The molecule has 0 bridgehead atoms. The molecule has 0 spiro atoms. The fourth-order valence-corrected chi connectivity index (χ4v) is 5.24. The summed E-state index contributed by atoms with van der Waals surface area (Å²) in [5, 5.41) is 11.5. The van der Waals surface area contributed by atoms with E-state index in [4.69, 9.17) is 10.5 Å². The van der Waals surface area contributed by atoms with Gasteiger partial charge in [0.1, 0.15) is 6.54 Å². The molecular formula is C28H28F9N7O3. The number of carbonyl (C=O) groups excluding carboxylic acids is 2. The highest BCUT2D eigenvalue weighted by atomic mass is 19.4. The number of amides is 2. The maximum atomic E-state index is 13.9. The molecular weight excluding hydrogens is 653 g/mol. The number of anilines is 2. The van der Waals surface area contributed by atoms with E-state index in [1.165, 1.54) is 0 Å². The fourth-order valence-electron chi connectivity index (χ4n) is 5.24. The SMILES string of the molecule is CC[C@@H]1C[C@H](N(Cc2cc(C(F)(F)F)cc(C(F)(F)F)c2)c2nnn(CC(N)=O)n2)c2cc(C(F)(F)F)ccc2N1C(=O)OC(C)C. The summed E-state index contributed by atoms with van der Waals surface area (Å²) in [5.74, 6) is -1.37. The van der Waals surface area contributed by atoms with Crippen LogP contribution in [0.25, 0.3) is 0 Å². The van der Waals surface area contributed by atoms with Crippen molar-refractivity contribution in [3.05, 3.63) is 64.2 Å². The van der Waals surface area contributed by atoms with E-state index in [9.17, 15) is 49.1 Å². The lowest BCUT2D eigenvalue weighted by molar-refractivity contribution is -0.143. The average Bonchev–Trinajstić information content (AvgIpc) is 3.40. The first-order chi connectivity index (χ1) is 21.7. The third kappa shape index (κ3) is 8.05. The Hall–Kier alpha value is -4.58. The summed E-state index contributed by atoms with van der Waals surface area (Å²) >= 11 is 0. The molecule has 2 atom stereocenters. The molecule has 2 N–H and O–H groups in total. The normalized spacial score (nSPS) is 17.1. The molecule has 1 aliphatic heterocycles. The molecule has 1 aromatic heterocycles. The van der Waals surface area contributed by atoms with Crippen molar-refractivity contribution in [2.24, 2.45) is 5.73 Å². The summed E-state index contributed by atoms with van der Waals surface area (Å²) in [6, 6.07) is 1.34. The van der Waals surface area contributed by atoms with Gasteiger partial charge in [-0.05, 0) is 79.4 Å². The van der Waals surface area contributed by atoms with Crippen LogP contribution in [0.5, 0.6) is 0 Å². The highest BCUT2D eigenvalue weighted by molar-refractivity contribution is 5.90. The summed E-state index contributed by atoms with van der Waals surface area (Å²) in [7, 11) is 0. The monoisotopic (exact) mass is 681 g/mol. The first-order valence-electron chi connectivity index (χ1n) is 14.0. The number of aromatic nitrogens is 4. The van der Waals surface area contributed by atoms with Crippen LogP contribution in [0.1, 0.15) is 67.5 Å². The zero-order valence-corrected chi connectivity index (χ0v) is 24.9. The number of ether oxygens (including phenoxy) is 1. The lowest BCUT2D eigenvalue weighted by atomic mass is 9.87. The van der Waals surface area contributed by atoms with Crippen LogP contribution < -0.4 is 15.5 Å². The Balaban J connectivity index is 1.96. The fraction of sp³-hybridized carbons (Fsp3) is 0.464. The molecule has 0 fully saturated rings. The number of fused-ring (bicyclic) bond motifs is 1. The van der Waals surface area contributed by atoms with Crippen molar-refractivity contribution in [2.45, 2.75) is 83.4 Å². The number of tetrazole rings is 1. The number of halogens is 9. The summed E-state index contributed by atoms with van der Waals surface area (Å²) < 4.78 is 129. The van der Waals surface area contributed by atoms with E-state index >= 15 is 0 Å². The van der Waals surface area contributed by atoms with Gasteiger partial charge in [-0.25, -0.2) is 4.79 Å². The molecule has 0 saturated heterocycles. The van der Waals surface area contributed by atoms with Crippen molar-refractivity contribution in [1.82, 2.24) is 20.2 Å². The quantitative estimate of drug-likeness (QED) is 0.270.